The molecule has 0 aromatic heterocycles. The Kier molecular flexibility index (Phi) is 9.86. The quantitative estimate of drug-likeness (QED) is 0.257. The van der Waals surface area contributed by atoms with Crippen LogP contribution in [0.15, 0.2) is 84.9 Å². The van der Waals surface area contributed by atoms with E-state index >= 15 is 0 Å². The molecule has 190 valence electrons. The van der Waals surface area contributed by atoms with Gasteiger partial charge in [0.25, 0.3) is 0 Å². The number of carbonyl (C=O) groups excluding carboxylic acids is 2. The lowest BCUT2D eigenvalue weighted by atomic mass is 9.98. The number of carbonyl (C=O) groups is 2. The van der Waals surface area contributed by atoms with Gasteiger partial charge < -0.3 is 19.7 Å². The maximum Gasteiger partial charge on any atom is 0.408 e. The van der Waals surface area contributed by atoms with Crippen molar-refractivity contribution in [3.05, 3.63) is 96.1 Å². The number of hydrogen-bond acceptors (Lipinski definition) is 5. The lowest BCUT2D eigenvalue weighted by Crippen LogP contribution is -2.35. The van der Waals surface area contributed by atoms with Gasteiger partial charge >= 0.3 is 12.1 Å². The van der Waals surface area contributed by atoms with E-state index in [-0.39, 0.29) is 25.8 Å². The maximum atomic E-state index is 13.1. The molecular weight excluding hydrogens is 477 g/mol. The first-order valence-corrected chi connectivity index (χ1v) is 13.8. The van der Waals surface area contributed by atoms with E-state index in [1.807, 2.05) is 84.9 Å². The molecule has 1 amide bonds. The summed E-state index contributed by atoms with van der Waals surface area (Å²) in [5.74, 6) is -2.48. The van der Waals surface area contributed by atoms with Gasteiger partial charge in [-0.2, -0.15) is 0 Å². The highest BCUT2D eigenvalue weighted by atomic mass is 31.2. The third-order valence-electron chi connectivity index (χ3n) is 5.79. The Hall–Kier alpha value is -3.41. The third-order valence-corrected chi connectivity index (χ3v) is 8.09. The summed E-state index contributed by atoms with van der Waals surface area (Å²) in [4.78, 5) is 35.6. The van der Waals surface area contributed by atoms with Crippen LogP contribution in [-0.2, 0) is 31.9 Å². The van der Waals surface area contributed by atoms with Gasteiger partial charge in [0, 0.05) is 6.16 Å². The zero-order valence-electron chi connectivity index (χ0n) is 20.5. The average molecular weight is 510 g/mol. The first-order valence-electron chi connectivity index (χ1n) is 11.9. The molecule has 2 N–H and O–H groups in total. The molecule has 3 rings (SSSR count). The molecule has 3 unspecified atom stereocenters. The highest BCUT2D eigenvalue weighted by Crippen LogP contribution is 2.47. The van der Waals surface area contributed by atoms with Gasteiger partial charge in [-0.25, -0.2) is 4.79 Å². The van der Waals surface area contributed by atoms with Gasteiger partial charge in [-0.05, 0) is 42.5 Å². The van der Waals surface area contributed by atoms with Crippen LogP contribution >= 0.6 is 7.37 Å². The number of amides is 1. The van der Waals surface area contributed by atoms with E-state index in [1.165, 1.54) is 6.92 Å². The van der Waals surface area contributed by atoms with Gasteiger partial charge in [-0.15, -0.1) is 0 Å². The molecule has 0 spiro atoms. The molecule has 0 radical (unpaired) electrons. The number of alkyl carbamates (subject to hydrolysis) is 1. The highest BCUT2D eigenvalue weighted by molar-refractivity contribution is 7.58. The summed E-state index contributed by atoms with van der Waals surface area (Å²) >= 11 is 0. The number of rotatable bonds is 11. The second-order valence-corrected chi connectivity index (χ2v) is 11.2. The van der Waals surface area contributed by atoms with E-state index in [0.717, 1.165) is 22.3 Å². The molecular formula is C28H32NO6P. The summed E-state index contributed by atoms with van der Waals surface area (Å²) in [5.41, 5.74) is 3.75. The fourth-order valence-corrected chi connectivity index (χ4v) is 5.27. The maximum absolute atomic E-state index is 13.1. The van der Waals surface area contributed by atoms with E-state index in [1.54, 1.807) is 6.92 Å². The molecule has 0 aliphatic carbocycles. The van der Waals surface area contributed by atoms with Crippen molar-refractivity contribution in [1.82, 2.24) is 5.32 Å². The van der Waals surface area contributed by atoms with Crippen LogP contribution in [0.2, 0.25) is 0 Å². The summed E-state index contributed by atoms with van der Waals surface area (Å²) in [7, 11) is -3.97. The van der Waals surface area contributed by atoms with Gasteiger partial charge in [0.05, 0.1) is 12.5 Å². The van der Waals surface area contributed by atoms with Crippen molar-refractivity contribution in [2.24, 2.45) is 5.92 Å². The summed E-state index contributed by atoms with van der Waals surface area (Å²) in [6.07, 6.45) is -0.888. The normalized spacial score (nSPS) is 14.2. The molecule has 8 heteroatoms. The van der Waals surface area contributed by atoms with Crippen LogP contribution in [0.4, 0.5) is 4.79 Å². The number of hydrogen-bond donors (Lipinski definition) is 2. The standard InChI is InChI=1S/C28H32NO6P/c1-3-34-27(30)26(18-22-14-16-25(17-15-22)24-12-8-5-9-13-24)20-36(32,33)21(2)29-28(31)35-19-23-10-6-4-7-11-23/h4-17,21,26H,3,18-20H2,1-2H3,(H,29,31)(H,32,33). The second kappa shape index (κ2) is 13.1. The molecule has 7 nitrogen and oxygen atoms in total. The van der Waals surface area contributed by atoms with E-state index in [2.05, 4.69) is 5.32 Å². The smallest absolute Gasteiger partial charge is 0.408 e. The Morgan fingerprint density at radius 1 is 0.861 bits per heavy atom. The van der Waals surface area contributed by atoms with Crippen LogP contribution in [0.5, 0.6) is 0 Å². The number of benzene rings is 3. The van der Waals surface area contributed by atoms with E-state index in [9.17, 15) is 19.0 Å². The van der Waals surface area contributed by atoms with E-state index < -0.39 is 31.1 Å². The van der Waals surface area contributed by atoms with Gasteiger partial charge in [0.1, 0.15) is 12.4 Å². The van der Waals surface area contributed by atoms with Gasteiger partial charge in [-0.1, -0.05) is 84.9 Å². The minimum atomic E-state index is -3.97. The largest absolute Gasteiger partial charge is 0.466 e. The Balaban J connectivity index is 1.63. The van der Waals surface area contributed by atoms with Crippen LogP contribution in [0.1, 0.15) is 25.0 Å². The van der Waals surface area contributed by atoms with Crippen molar-refractivity contribution in [3.63, 3.8) is 0 Å². The average Bonchev–Trinajstić information content (AvgIpc) is 2.88. The second-order valence-electron chi connectivity index (χ2n) is 8.54. The Morgan fingerprint density at radius 2 is 1.44 bits per heavy atom. The number of esters is 1. The molecule has 0 fully saturated rings. The summed E-state index contributed by atoms with van der Waals surface area (Å²) in [6.45, 7) is 3.33. The molecule has 3 atom stereocenters. The SMILES string of the molecule is CCOC(=O)C(Cc1ccc(-c2ccccc2)cc1)CP(=O)(O)C(C)NC(=O)OCc1ccccc1. The Bertz CT molecular complexity index is 1170. The molecule has 3 aromatic carbocycles. The van der Waals surface area contributed by atoms with Gasteiger partial charge in [0.15, 0.2) is 0 Å². The molecule has 36 heavy (non-hydrogen) atoms. The number of nitrogens with one attached hydrogen (secondary N) is 1. The van der Waals surface area contributed by atoms with E-state index in [0.29, 0.717) is 0 Å². The molecule has 0 saturated carbocycles. The first kappa shape index (κ1) is 27.2. The third kappa shape index (κ3) is 8.08. The Labute approximate surface area is 211 Å². The predicted octanol–water partition coefficient (Wildman–Crippen LogP) is 5.62. The molecule has 0 aliphatic heterocycles. The predicted molar refractivity (Wildman–Crippen MR) is 140 cm³/mol. The van der Waals surface area contributed by atoms with Crippen LogP contribution in [0.25, 0.3) is 11.1 Å². The molecule has 0 aliphatic rings. The van der Waals surface area contributed by atoms with Crippen molar-refractivity contribution in [2.45, 2.75) is 32.7 Å². The molecule has 0 bridgehead atoms. The lowest BCUT2D eigenvalue weighted by Gasteiger charge is -2.24. The summed E-state index contributed by atoms with van der Waals surface area (Å²) in [6, 6.07) is 26.7. The molecule has 0 saturated heterocycles. The summed E-state index contributed by atoms with van der Waals surface area (Å²) in [5, 5.41) is 2.43. The molecule has 3 aromatic rings. The fourth-order valence-electron chi connectivity index (χ4n) is 3.74. The highest BCUT2D eigenvalue weighted by Gasteiger charge is 2.35. The lowest BCUT2D eigenvalue weighted by molar-refractivity contribution is -0.147. The minimum absolute atomic E-state index is 0.0412. The van der Waals surface area contributed by atoms with Crippen LogP contribution in [0, 0.1) is 5.92 Å². The first-order chi connectivity index (χ1) is 17.3. The van der Waals surface area contributed by atoms with Crippen LogP contribution in [-0.4, -0.2) is 35.5 Å². The van der Waals surface area contributed by atoms with Crippen LogP contribution < -0.4 is 5.32 Å². The molecule has 0 heterocycles. The van der Waals surface area contributed by atoms with Crippen LogP contribution in [0.3, 0.4) is 0 Å². The van der Waals surface area contributed by atoms with E-state index in [4.69, 9.17) is 9.47 Å². The summed E-state index contributed by atoms with van der Waals surface area (Å²) < 4.78 is 23.5. The van der Waals surface area contributed by atoms with Crippen molar-refractivity contribution in [2.75, 3.05) is 12.8 Å². The zero-order valence-corrected chi connectivity index (χ0v) is 21.4. The van der Waals surface area contributed by atoms with Gasteiger partial charge in [0.2, 0.25) is 7.37 Å². The topological polar surface area (TPSA) is 102 Å². The Morgan fingerprint density at radius 3 is 2.06 bits per heavy atom. The minimum Gasteiger partial charge on any atom is -0.466 e. The van der Waals surface area contributed by atoms with Crippen molar-refractivity contribution >= 4 is 19.4 Å². The van der Waals surface area contributed by atoms with Gasteiger partial charge in [-0.3, -0.25) is 9.36 Å². The monoisotopic (exact) mass is 509 g/mol. The van der Waals surface area contributed by atoms with Crippen molar-refractivity contribution < 1.29 is 28.5 Å². The zero-order chi connectivity index (χ0) is 26.0. The fraction of sp³-hybridized carbons (Fsp3) is 0.286. The van der Waals surface area contributed by atoms with Crippen molar-refractivity contribution in [1.29, 1.82) is 0 Å². The van der Waals surface area contributed by atoms with Crippen molar-refractivity contribution in [3.8, 4) is 11.1 Å². The number of ether oxygens (including phenoxy) is 2.